The van der Waals surface area contributed by atoms with Crippen LogP contribution in [0.4, 0.5) is 0 Å². The topological polar surface area (TPSA) is 26.0 Å². The van der Waals surface area contributed by atoms with Gasteiger partial charge in [-0.1, -0.05) is 17.7 Å². The number of rotatable bonds is 2. The highest BCUT2D eigenvalue weighted by molar-refractivity contribution is 7.98. The number of nitrogens with two attached hydrogens (primary N) is 1. The van der Waals surface area contributed by atoms with Crippen molar-refractivity contribution in [1.82, 2.24) is 0 Å². The zero-order valence-electron chi connectivity index (χ0n) is 6.30. The van der Waals surface area contributed by atoms with Gasteiger partial charge in [0, 0.05) is 16.5 Å². The van der Waals surface area contributed by atoms with E-state index in [2.05, 4.69) is 0 Å². The average Bonchev–Trinajstić information content (AvgIpc) is 2.04. The summed E-state index contributed by atoms with van der Waals surface area (Å²) in [5.41, 5.74) is 6.46. The predicted molar refractivity (Wildman–Crippen MR) is 51.1 cm³/mol. The van der Waals surface area contributed by atoms with E-state index in [9.17, 15) is 0 Å². The Morgan fingerprint density at radius 2 is 2.27 bits per heavy atom. The van der Waals surface area contributed by atoms with Gasteiger partial charge in [-0.2, -0.15) is 0 Å². The van der Waals surface area contributed by atoms with Gasteiger partial charge in [-0.05, 0) is 24.0 Å². The molecular formula is C8H10ClNS. The van der Waals surface area contributed by atoms with Crippen LogP contribution in [-0.4, -0.2) is 6.26 Å². The zero-order chi connectivity index (χ0) is 8.27. The van der Waals surface area contributed by atoms with E-state index in [0.717, 1.165) is 10.6 Å². The first-order chi connectivity index (χ1) is 5.27. The van der Waals surface area contributed by atoms with Gasteiger partial charge in [-0.25, -0.2) is 0 Å². The van der Waals surface area contributed by atoms with Gasteiger partial charge in [-0.15, -0.1) is 11.8 Å². The molecule has 1 aromatic rings. The highest BCUT2D eigenvalue weighted by Crippen LogP contribution is 2.22. The first-order valence-corrected chi connectivity index (χ1v) is 4.90. The fourth-order valence-electron chi connectivity index (χ4n) is 0.821. The third kappa shape index (κ3) is 2.12. The van der Waals surface area contributed by atoms with E-state index in [-0.39, 0.29) is 0 Å². The monoisotopic (exact) mass is 187 g/mol. The normalized spacial score (nSPS) is 10.1. The SMILES string of the molecule is CSc1ccc(CN)c(Cl)c1. The number of benzene rings is 1. The highest BCUT2D eigenvalue weighted by Gasteiger charge is 1.98. The molecule has 0 aliphatic carbocycles. The van der Waals surface area contributed by atoms with E-state index in [4.69, 9.17) is 17.3 Å². The maximum Gasteiger partial charge on any atom is 0.0462 e. The van der Waals surface area contributed by atoms with Gasteiger partial charge in [-0.3, -0.25) is 0 Å². The lowest BCUT2D eigenvalue weighted by Gasteiger charge is -2.01. The Morgan fingerprint density at radius 3 is 2.73 bits per heavy atom. The van der Waals surface area contributed by atoms with Crippen molar-refractivity contribution in [3.8, 4) is 0 Å². The third-order valence-corrected chi connectivity index (χ3v) is 2.56. The zero-order valence-corrected chi connectivity index (χ0v) is 7.88. The van der Waals surface area contributed by atoms with Crippen LogP contribution in [-0.2, 0) is 6.54 Å². The highest BCUT2D eigenvalue weighted by atomic mass is 35.5. The number of hydrogen-bond donors (Lipinski definition) is 1. The second kappa shape index (κ2) is 4.00. The Labute approximate surface area is 75.9 Å². The lowest BCUT2D eigenvalue weighted by atomic mass is 10.2. The van der Waals surface area contributed by atoms with Crippen LogP contribution in [0.15, 0.2) is 23.1 Å². The van der Waals surface area contributed by atoms with Gasteiger partial charge in [0.1, 0.15) is 0 Å². The van der Waals surface area contributed by atoms with Gasteiger partial charge in [0.05, 0.1) is 0 Å². The molecule has 11 heavy (non-hydrogen) atoms. The third-order valence-electron chi connectivity index (χ3n) is 1.48. The van der Waals surface area contributed by atoms with Crippen LogP contribution in [0.3, 0.4) is 0 Å². The van der Waals surface area contributed by atoms with E-state index in [1.54, 1.807) is 11.8 Å². The minimum absolute atomic E-state index is 0.507. The molecule has 2 N–H and O–H groups in total. The molecule has 1 nitrogen and oxygen atoms in total. The van der Waals surface area contributed by atoms with Crippen LogP contribution in [0.25, 0.3) is 0 Å². The molecule has 0 bridgehead atoms. The lowest BCUT2D eigenvalue weighted by molar-refractivity contribution is 1.07. The van der Waals surface area contributed by atoms with Crippen LogP contribution < -0.4 is 5.73 Å². The van der Waals surface area contributed by atoms with Crippen molar-refractivity contribution in [2.45, 2.75) is 11.4 Å². The summed E-state index contributed by atoms with van der Waals surface area (Å²) in [6.45, 7) is 0.507. The van der Waals surface area contributed by atoms with Crippen LogP contribution in [0.1, 0.15) is 5.56 Å². The van der Waals surface area contributed by atoms with Crippen molar-refractivity contribution < 1.29 is 0 Å². The molecule has 0 atom stereocenters. The standard InChI is InChI=1S/C8H10ClNS/c1-11-7-3-2-6(5-10)8(9)4-7/h2-4H,5,10H2,1H3. The first kappa shape index (κ1) is 8.91. The summed E-state index contributed by atoms with van der Waals surface area (Å²) in [6, 6.07) is 5.93. The van der Waals surface area contributed by atoms with Crippen molar-refractivity contribution >= 4 is 23.4 Å². The summed E-state index contributed by atoms with van der Waals surface area (Å²) < 4.78 is 0. The lowest BCUT2D eigenvalue weighted by Crippen LogP contribution is -1.96. The number of hydrogen-bond acceptors (Lipinski definition) is 2. The van der Waals surface area contributed by atoms with Gasteiger partial charge in [0.15, 0.2) is 0 Å². The van der Waals surface area contributed by atoms with Crippen LogP contribution >= 0.6 is 23.4 Å². The Hall–Kier alpha value is -0.180. The minimum atomic E-state index is 0.507. The second-order valence-electron chi connectivity index (χ2n) is 2.16. The smallest absolute Gasteiger partial charge is 0.0462 e. The Bertz CT molecular complexity index is 250. The molecule has 0 spiro atoms. The summed E-state index contributed by atoms with van der Waals surface area (Å²) in [5.74, 6) is 0. The second-order valence-corrected chi connectivity index (χ2v) is 3.45. The molecule has 0 unspecified atom stereocenters. The molecule has 0 amide bonds. The summed E-state index contributed by atoms with van der Waals surface area (Å²) >= 11 is 7.59. The van der Waals surface area contributed by atoms with Crippen molar-refractivity contribution in [2.24, 2.45) is 5.73 Å². The summed E-state index contributed by atoms with van der Waals surface area (Å²) in [5, 5.41) is 0.763. The van der Waals surface area contributed by atoms with Crippen molar-refractivity contribution in [1.29, 1.82) is 0 Å². The van der Waals surface area contributed by atoms with E-state index in [1.807, 2.05) is 24.5 Å². The fraction of sp³-hybridized carbons (Fsp3) is 0.250. The minimum Gasteiger partial charge on any atom is -0.326 e. The molecule has 0 saturated carbocycles. The molecule has 0 radical (unpaired) electrons. The van der Waals surface area contributed by atoms with Gasteiger partial charge in [0.2, 0.25) is 0 Å². The molecule has 0 aromatic heterocycles. The molecule has 1 rings (SSSR count). The van der Waals surface area contributed by atoms with Crippen LogP contribution in [0.5, 0.6) is 0 Å². The summed E-state index contributed by atoms with van der Waals surface area (Å²) in [7, 11) is 0. The molecule has 0 aliphatic heterocycles. The van der Waals surface area contributed by atoms with Crippen LogP contribution in [0.2, 0.25) is 5.02 Å². The molecule has 0 saturated heterocycles. The van der Waals surface area contributed by atoms with E-state index < -0.39 is 0 Å². The number of thioether (sulfide) groups is 1. The Morgan fingerprint density at radius 1 is 1.55 bits per heavy atom. The van der Waals surface area contributed by atoms with Crippen LogP contribution in [0, 0.1) is 0 Å². The fourth-order valence-corrected chi connectivity index (χ4v) is 1.58. The van der Waals surface area contributed by atoms with Gasteiger partial charge in [0.25, 0.3) is 0 Å². The van der Waals surface area contributed by atoms with E-state index in [1.165, 1.54) is 4.90 Å². The molecule has 0 fully saturated rings. The Balaban J connectivity index is 2.99. The molecule has 1 aromatic carbocycles. The maximum absolute atomic E-state index is 5.91. The van der Waals surface area contributed by atoms with Gasteiger partial charge < -0.3 is 5.73 Å². The van der Waals surface area contributed by atoms with Crippen molar-refractivity contribution in [3.05, 3.63) is 28.8 Å². The van der Waals surface area contributed by atoms with E-state index >= 15 is 0 Å². The predicted octanol–water partition coefficient (Wildman–Crippen LogP) is 2.52. The molecule has 0 aliphatic rings. The van der Waals surface area contributed by atoms with Gasteiger partial charge >= 0.3 is 0 Å². The molecule has 3 heteroatoms. The maximum atomic E-state index is 5.91. The average molecular weight is 188 g/mol. The van der Waals surface area contributed by atoms with Crippen molar-refractivity contribution in [2.75, 3.05) is 6.26 Å². The summed E-state index contributed by atoms with van der Waals surface area (Å²) in [4.78, 5) is 1.17. The molecule has 60 valence electrons. The quantitative estimate of drug-likeness (QED) is 0.721. The van der Waals surface area contributed by atoms with Crippen molar-refractivity contribution in [3.63, 3.8) is 0 Å². The largest absolute Gasteiger partial charge is 0.326 e. The summed E-state index contributed by atoms with van der Waals surface area (Å²) in [6.07, 6.45) is 2.02. The van der Waals surface area contributed by atoms with E-state index in [0.29, 0.717) is 6.54 Å². The first-order valence-electron chi connectivity index (χ1n) is 3.30. The Kier molecular flexibility index (Phi) is 3.24. The molecule has 0 heterocycles. The number of halogens is 1. The molecular weight excluding hydrogens is 178 g/mol.